The molecule has 4 aromatic rings. The Hall–Kier alpha value is -3.66. The van der Waals surface area contributed by atoms with Crippen LogP contribution >= 0.6 is 0 Å². The molecule has 3 aromatic carbocycles. The van der Waals surface area contributed by atoms with E-state index in [9.17, 15) is 4.79 Å². The summed E-state index contributed by atoms with van der Waals surface area (Å²) in [6, 6.07) is 24.2. The minimum Gasteiger partial charge on any atom is -0.457 e. The van der Waals surface area contributed by atoms with Crippen LogP contribution in [-0.4, -0.2) is 10.9 Å². The van der Waals surface area contributed by atoms with Crippen molar-refractivity contribution >= 4 is 22.4 Å². The molecule has 0 radical (unpaired) electrons. The molecule has 1 amide bonds. The number of pyridine rings is 1. The average Bonchev–Trinajstić information content (AvgIpc) is 2.70. The first-order chi connectivity index (χ1) is 12.8. The highest BCUT2D eigenvalue weighted by Crippen LogP contribution is 2.24. The molecule has 4 nitrogen and oxygen atoms in total. The van der Waals surface area contributed by atoms with Crippen molar-refractivity contribution < 1.29 is 9.53 Å². The van der Waals surface area contributed by atoms with Gasteiger partial charge in [0.05, 0.1) is 0 Å². The number of para-hydroxylation sites is 1. The van der Waals surface area contributed by atoms with E-state index in [1.807, 2.05) is 54.6 Å². The Bertz CT molecular complexity index is 1040. The van der Waals surface area contributed by atoms with Crippen LogP contribution in [0.5, 0.6) is 11.5 Å². The summed E-state index contributed by atoms with van der Waals surface area (Å²) in [4.78, 5) is 16.7. The summed E-state index contributed by atoms with van der Waals surface area (Å²) in [6.45, 7) is 0. The molecular weight excluding hydrogens is 324 g/mol. The second-order valence-electron chi connectivity index (χ2n) is 5.80. The Kier molecular flexibility index (Phi) is 4.31. The average molecular weight is 340 g/mol. The molecule has 0 aliphatic rings. The van der Waals surface area contributed by atoms with Gasteiger partial charge in [-0.15, -0.1) is 0 Å². The number of nitrogens with one attached hydrogen (secondary N) is 1. The lowest BCUT2D eigenvalue weighted by atomic mass is 10.1. The molecule has 0 saturated heterocycles. The minimum atomic E-state index is -0.166. The van der Waals surface area contributed by atoms with E-state index >= 15 is 0 Å². The fraction of sp³-hybridized carbons (Fsp3) is 0. The molecule has 1 N–H and O–H groups in total. The first-order valence-corrected chi connectivity index (χ1v) is 8.27. The highest BCUT2D eigenvalue weighted by atomic mass is 16.5. The molecule has 0 saturated carbocycles. The lowest BCUT2D eigenvalue weighted by Gasteiger charge is -2.09. The monoisotopic (exact) mass is 340 g/mol. The predicted octanol–water partition coefficient (Wildman–Crippen LogP) is 5.28. The Morgan fingerprint density at radius 3 is 2.38 bits per heavy atom. The maximum absolute atomic E-state index is 12.6. The molecular formula is C22H16N2O2. The molecule has 0 fully saturated rings. The van der Waals surface area contributed by atoms with Gasteiger partial charge in [-0.05, 0) is 48.5 Å². The number of fused-ring (bicyclic) bond motifs is 1. The Labute approximate surface area is 151 Å². The number of aromatic nitrogens is 1. The molecule has 0 bridgehead atoms. The summed E-state index contributed by atoms with van der Waals surface area (Å²) in [7, 11) is 0. The van der Waals surface area contributed by atoms with E-state index in [-0.39, 0.29) is 5.91 Å². The smallest absolute Gasteiger partial charge is 0.255 e. The molecule has 4 heteroatoms. The van der Waals surface area contributed by atoms with E-state index in [0.29, 0.717) is 11.3 Å². The van der Waals surface area contributed by atoms with Crippen LogP contribution in [0.25, 0.3) is 10.8 Å². The number of benzene rings is 3. The summed E-state index contributed by atoms with van der Waals surface area (Å²) in [5.41, 5.74) is 1.33. The van der Waals surface area contributed by atoms with Gasteiger partial charge in [-0.2, -0.15) is 0 Å². The first-order valence-electron chi connectivity index (χ1n) is 8.27. The summed E-state index contributed by atoms with van der Waals surface area (Å²) < 4.78 is 5.75. The van der Waals surface area contributed by atoms with Gasteiger partial charge in [0.2, 0.25) is 0 Å². The topological polar surface area (TPSA) is 51.2 Å². The number of hydrogen-bond acceptors (Lipinski definition) is 3. The van der Waals surface area contributed by atoms with Gasteiger partial charge in [0.25, 0.3) is 5.91 Å². The Morgan fingerprint density at radius 2 is 1.58 bits per heavy atom. The van der Waals surface area contributed by atoms with Crippen LogP contribution in [0, 0.1) is 0 Å². The highest BCUT2D eigenvalue weighted by molar-refractivity contribution is 6.09. The van der Waals surface area contributed by atoms with Crippen LogP contribution in [0.4, 0.5) is 5.69 Å². The lowest BCUT2D eigenvalue weighted by molar-refractivity contribution is 0.102. The van der Waals surface area contributed by atoms with Crippen molar-refractivity contribution in [2.75, 3.05) is 5.32 Å². The van der Waals surface area contributed by atoms with Gasteiger partial charge < -0.3 is 10.1 Å². The van der Waals surface area contributed by atoms with Gasteiger partial charge in [-0.25, -0.2) is 0 Å². The fourth-order valence-electron chi connectivity index (χ4n) is 2.73. The molecule has 0 aliphatic carbocycles. The standard InChI is InChI=1S/C22H16N2O2/c25-22(24-21-8-4-5-17-15-23-14-13-20(17)21)16-9-11-19(12-10-16)26-18-6-2-1-3-7-18/h1-15H,(H,24,25). The second-order valence-corrected chi connectivity index (χ2v) is 5.80. The van der Waals surface area contributed by atoms with Crippen LogP contribution in [0.3, 0.4) is 0 Å². The molecule has 126 valence electrons. The summed E-state index contributed by atoms with van der Waals surface area (Å²) >= 11 is 0. The van der Waals surface area contributed by atoms with Crippen LogP contribution in [0.15, 0.2) is 91.3 Å². The molecule has 1 aromatic heterocycles. The van der Waals surface area contributed by atoms with Crippen molar-refractivity contribution in [1.29, 1.82) is 0 Å². The summed E-state index contributed by atoms with van der Waals surface area (Å²) in [6.07, 6.45) is 3.49. The largest absolute Gasteiger partial charge is 0.457 e. The molecule has 0 spiro atoms. The molecule has 1 heterocycles. The molecule has 26 heavy (non-hydrogen) atoms. The van der Waals surface area contributed by atoms with Crippen molar-refractivity contribution in [3.05, 3.63) is 96.8 Å². The molecule has 0 unspecified atom stereocenters. The Morgan fingerprint density at radius 1 is 0.808 bits per heavy atom. The maximum Gasteiger partial charge on any atom is 0.255 e. The summed E-state index contributed by atoms with van der Waals surface area (Å²) in [5, 5.41) is 4.90. The van der Waals surface area contributed by atoms with Gasteiger partial charge in [-0.3, -0.25) is 9.78 Å². The SMILES string of the molecule is O=C(Nc1cccc2cnccc12)c1ccc(Oc2ccccc2)cc1. The zero-order chi connectivity index (χ0) is 17.8. The number of anilines is 1. The quantitative estimate of drug-likeness (QED) is 0.550. The second kappa shape index (κ2) is 7.07. The third-order valence-corrected chi connectivity index (χ3v) is 4.02. The van der Waals surface area contributed by atoms with E-state index in [2.05, 4.69) is 10.3 Å². The molecule has 0 atom stereocenters. The van der Waals surface area contributed by atoms with Gasteiger partial charge >= 0.3 is 0 Å². The van der Waals surface area contributed by atoms with Crippen molar-refractivity contribution in [1.82, 2.24) is 4.98 Å². The number of ether oxygens (including phenoxy) is 1. The van der Waals surface area contributed by atoms with Crippen molar-refractivity contribution in [2.45, 2.75) is 0 Å². The lowest BCUT2D eigenvalue weighted by Crippen LogP contribution is -2.12. The minimum absolute atomic E-state index is 0.166. The third-order valence-electron chi connectivity index (χ3n) is 4.02. The first kappa shape index (κ1) is 15.8. The van der Waals surface area contributed by atoms with Crippen LogP contribution in [0.1, 0.15) is 10.4 Å². The zero-order valence-corrected chi connectivity index (χ0v) is 13.9. The van der Waals surface area contributed by atoms with Gasteiger partial charge in [0.15, 0.2) is 0 Å². The van der Waals surface area contributed by atoms with Gasteiger partial charge in [-0.1, -0.05) is 30.3 Å². The Balaban J connectivity index is 1.51. The van der Waals surface area contributed by atoms with E-state index in [0.717, 1.165) is 22.2 Å². The van der Waals surface area contributed by atoms with Gasteiger partial charge in [0, 0.05) is 34.4 Å². The van der Waals surface area contributed by atoms with Crippen LogP contribution < -0.4 is 10.1 Å². The maximum atomic E-state index is 12.6. The fourth-order valence-corrected chi connectivity index (χ4v) is 2.73. The van der Waals surface area contributed by atoms with Crippen LogP contribution in [-0.2, 0) is 0 Å². The number of amides is 1. The number of carbonyl (C=O) groups is 1. The van der Waals surface area contributed by atoms with Crippen LogP contribution in [0.2, 0.25) is 0 Å². The molecule has 0 aliphatic heterocycles. The van der Waals surface area contributed by atoms with E-state index in [1.165, 1.54) is 0 Å². The van der Waals surface area contributed by atoms with Crippen molar-refractivity contribution in [2.24, 2.45) is 0 Å². The zero-order valence-electron chi connectivity index (χ0n) is 13.9. The number of carbonyl (C=O) groups excluding carboxylic acids is 1. The molecule has 4 rings (SSSR count). The highest BCUT2D eigenvalue weighted by Gasteiger charge is 2.09. The normalized spacial score (nSPS) is 10.5. The van der Waals surface area contributed by atoms with Crippen molar-refractivity contribution in [3.8, 4) is 11.5 Å². The number of hydrogen-bond donors (Lipinski definition) is 1. The van der Waals surface area contributed by atoms with E-state index in [1.54, 1.807) is 36.7 Å². The third kappa shape index (κ3) is 3.39. The predicted molar refractivity (Wildman–Crippen MR) is 103 cm³/mol. The summed E-state index contributed by atoms with van der Waals surface area (Å²) in [5.74, 6) is 1.28. The number of rotatable bonds is 4. The van der Waals surface area contributed by atoms with Crippen molar-refractivity contribution in [3.63, 3.8) is 0 Å². The number of nitrogens with zero attached hydrogens (tertiary/aromatic N) is 1. The van der Waals surface area contributed by atoms with E-state index < -0.39 is 0 Å². The van der Waals surface area contributed by atoms with E-state index in [4.69, 9.17) is 4.74 Å². The van der Waals surface area contributed by atoms with Gasteiger partial charge in [0.1, 0.15) is 11.5 Å².